The molecule has 1 aromatic carbocycles. The minimum Gasteiger partial charge on any atom is -0.332 e. The lowest BCUT2D eigenvalue weighted by molar-refractivity contribution is -0.384. The zero-order valence-corrected chi connectivity index (χ0v) is 12.0. The SMILES string of the molecule is Cn1nc(-c2nc(-c3ccc([N+](=O)[O-])cc3)no2)cc1C(F)(F)F. The third-order valence-corrected chi connectivity index (χ3v) is 3.15. The average molecular weight is 339 g/mol. The van der Waals surface area contributed by atoms with Crippen molar-refractivity contribution in [2.24, 2.45) is 7.05 Å². The topological polar surface area (TPSA) is 99.9 Å². The zero-order chi connectivity index (χ0) is 17.5. The van der Waals surface area contributed by atoms with Crippen molar-refractivity contribution < 1.29 is 22.6 Å². The van der Waals surface area contributed by atoms with Crippen LogP contribution >= 0.6 is 0 Å². The Balaban J connectivity index is 1.92. The molecule has 3 aromatic rings. The second-order valence-corrected chi connectivity index (χ2v) is 4.76. The van der Waals surface area contributed by atoms with Crippen molar-refractivity contribution in [3.05, 3.63) is 46.1 Å². The largest absolute Gasteiger partial charge is 0.433 e. The molecule has 0 amide bonds. The number of nitrogens with zero attached hydrogens (tertiary/aromatic N) is 5. The number of hydrogen-bond donors (Lipinski definition) is 0. The third kappa shape index (κ3) is 2.83. The third-order valence-electron chi connectivity index (χ3n) is 3.15. The first-order valence-corrected chi connectivity index (χ1v) is 6.46. The van der Waals surface area contributed by atoms with E-state index in [-0.39, 0.29) is 23.1 Å². The average Bonchev–Trinajstić information content (AvgIpc) is 3.13. The summed E-state index contributed by atoms with van der Waals surface area (Å²) in [6, 6.07) is 6.13. The van der Waals surface area contributed by atoms with Crippen LogP contribution in [-0.4, -0.2) is 24.8 Å². The summed E-state index contributed by atoms with van der Waals surface area (Å²) in [5.74, 6) is -0.103. The molecule has 24 heavy (non-hydrogen) atoms. The Morgan fingerprint density at radius 2 is 1.92 bits per heavy atom. The molecular formula is C13H8F3N5O3. The number of nitro groups is 1. The lowest BCUT2D eigenvalue weighted by Crippen LogP contribution is -2.11. The van der Waals surface area contributed by atoms with Gasteiger partial charge in [-0.05, 0) is 12.1 Å². The molecule has 0 N–H and O–H groups in total. The maximum atomic E-state index is 12.8. The van der Waals surface area contributed by atoms with E-state index in [9.17, 15) is 23.3 Å². The van der Waals surface area contributed by atoms with Crippen LogP contribution in [0.5, 0.6) is 0 Å². The molecule has 3 rings (SSSR count). The van der Waals surface area contributed by atoms with Crippen LogP contribution in [-0.2, 0) is 13.2 Å². The molecule has 0 fully saturated rings. The summed E-state index contributed by atoms with van der Waals surface area (Å²) in [6.45, 7) is 0. The summed E-state index contributed by atoms with van der Waals surface area (Å²) in [6.07, 6.45) is -4.55. The Hall–Kier alpha value is -3.24. The van der Waals surface area contributed by atoms with Crippen LogP contribution in [0.1, 0.15) is 5.69 Å². The van der Waals surface area contributed by atoms with E-state index in [0.717, 1.165) is 13.1 Å². The second-order valence-electron chi connectivity index (χ2n) is 4.76. The number of aromatic nitrogens is 4. The van der Waals surface area contributed by atoms with Crippen LogP contribution in [0, 0.1) is 10.1 Å². The highest BCUT2D eigenvalue weighted by molar-refractivity contribution is 5.59. The van der Waals surface area contributed by atoms with Gasteiger partial charge in [-0.15, -0.1) is 0 Å². The number of rotatable bonds is 3. The molecule has 0 aliphatic rings. The van der Waals surface area contributed by atoms with Crippen LogP contribution in [0.15, 0.2) is 34.9 Å². The lowest BCUT2D eigenvalue weighted by atomic mass is 10.2. The van der Waals surface area contributed by atoms with E-state index in [2.05, 4.69) is 15.2 Å². The Kier molecular flexibility index (Phi) is 3.55. The molecule has 0 saturated carbocycles. The summed E-state index contributed by atoms with van der Waals surface area (Å²) in [5, 5.41) is 18.0. The molecule has 0 spiro atoms. The Morgan fingerprint density at radius 1 is 1.25 bits per heavy atom. The molecule has 124 valence electrons. The molecule has 0 unspecified atom stereocenters. The van der Waals surface area contributed by atoms with Gasteiger partial charge in [0.15, 0.2) is 5.69 Å². The van der Waals surface area contributed by atoms with E-state index in [1.807, 2.05) is 0 Å². The Labute approximate surface area is 131 Å². The summed E-state index contributed by atoms with van der Waals surface area (Å²) >= 11 is 0. The van der Waals surface area contributed by atoms with E-state index in [0.29, 0.717) is 10.2 Å². The fourth-order valence-corrected chi connectivity index (χ4v) is 2.01. The van der Waals surface area contributed by atoms with Crippen molar-refractivity contribution in [3.8, 4) is 23.0 Å². The monoisotopic (exact) mass is 339 g/mol. The molecule has 8 nitrogen and oxygen atoms in total. The zero-order valence-electron chi connectivity index (χ0n) is 12.0. The highest BCUT2D eigenvalue weighted by Crippen LogP contribution is 2.32. The number of benzene rings is 1. The second kappa shape index (κ2) is 5.44. The number of alkyl halides is 3. The standard InChI is InChI=1S/C13H8F3N5O3/c1-20-10(13(14,15)16)6-9(18-20)12-17-11(19-24-12)7-2-4-8(5-3-7)21(22)23/h2-6H,1H3. The molecule has 0 saturated heterocycles. The molecule has 0 radical (unpaired) electrons. The number of hydrogen-bond acceptors (Lipinski definition) is 6. The molecule has 2 aromatic heterocycles. The van der Waals surface area contributed by atoms with Gasteiger partial charge >= 0.3 is 6.18 Å². The van der Waals surface area contributed by atoms with Gasteiger partial charge in [-0.2, -0.15) is 23.3 Å². The Bertz CT molecular complexity index is 898. The first-order chi connectivity index (χ1) is 11.3. The molecule has 0 atom stereocenters. The number of aryl methyl sites for hydroxylation is 1. The van der Waals surface area contributed by atoms with Crippen LogP contribution in [0.2, 0.25) is 0 Å². The van der Waals surface area contributed by atoms with E-state index < -0.39 is 16.8 Å². The highest BCUT2D eigenvalue weighted by atomic mass is 19.4. The predicted octanol–water partition coefficient (Wildman–Crippen LogP) is 3.06. The number of halogens is 3. The summed E-state index contributed by atoms with van der Waals surface area (Å²) in [5.41, 5.74) is -0.761. The van der Waals surface area contributed by atoms with Gasteiger partial charge in [-0.3, -0.25) is 14.8 Å². The lowest BCUT2D eigenvalue weighted by Gasteiger charge is -2.04. The first-order valence-electron chi connectivity index (χ1n) is 6.46. The molecule has 11 heteroatoms. The van der Waals surface area contributed by atoms with Gasteiger partial charge in [0.25, 0.3) is 11.6 Å². The quantitative estimate of drug-likeness (QED) is 0.537. The van der Waals surface area contributed by atoms with Crippen LogP contribution in [0.3, 0.4) is 0 Å². The van der Waals surface area contributed by atoms with E-state index in [1.165, 1.54) is 24.3 Å². The molecule has 0 aliphatic heterocycles. The van der Waals surface area contributed by atoms with Gasteiger partial charge < -0.3 is 4.52 Å². The summed E-state index contributed by atoms with van der Waals surface area (Å²) in [7, 11) is 1.15. The fourth-order valence-electron chi connectivity index (χ4n) is 2.01. The van der Waals surface area contributed by atoms with E-state index in [4.69, 9.17) is 4.52 Å². The van der Waals surface area contributed by atoms with Crippen LogP contribution < -0.4 is 0 Å². The van der Waals surface area contributed by atoms with Crippen molar-refractivity contribution in [1.29, 1.82) is 0 Å². The van der Waals surface area contributed by atoms with Crippen LogP contribution in [0.4, 0.5) is 18.9 Å². The minimum atomic E-state index is -4.55. The number of nitro benzene ring substituents is 1. The van der Waals surface area contributed by atoms with Gasteiger partial charge in [-0.25, -0.2) is 0 Å². The van der Waals surface area contributed by atoms with Crippen molar-refractivity contribution in [2.75, 3.05) is 0 Å². The van der Waals surface area contributed by atoms with Crippen LogP contribution in [0.25, 0.3) is 23.0 Å². The Morgan fingerprint density at radius 3 is 2.46 bits per heavy atom. The van der Waals surface area contributed by atoms with Crippen molar-refractivity contribution in [1.82, 2.24) is 19.9 Å². The minimum absolute atomic E-state index is 0.0825. The fraction of sp³-hybridized carbons (Fsp3) is 0.154. The molecule has 0 aliphatic carbocycles. The maximum absolute atomic E-state index is 12.8. The maximum Gasteiger partial charge on any atom is 0.433 e. The van der Waals surface area contributed by atoms with Crippen molar-refractivity contribution in [3.63, 3.8) is 0 Å². The van der Waals surface area contributed by atoms with Gasteiger partial charge in [0.05, 0.1) is 4.92 Å². The van der Waals surface area contributed by atoms with Gasteiger partial charge in [-0.1, -0.05) is 5.16 Å². The van der Waals surface area contributed by atoms with Gasteiger partial charge in [0, 0.05) is 30.8 Å². The highest BCUT2D eigenvalue weighted by Gasteiger charge is 2.35. The molecule has 0 bridgehead atoms. The predicted molar refractivity (Wildman–Crippen MR) is 73.6 cm³/mol. The first kappa shape index (κ1) is 15.6. The van der Waals surface area contributed by atoms with Crippen molar-refractivity contribution in [2.45, 2.75) is 6.18 Å². The summed E-state index contributed by atoms with van der Waals surface area (Å²) < 4.78 is 43.9. The van der Waals surface area contributed by atoms with E-state index in [1.54, 1.807) is 0 Å². The number of non-ortho nitro benzene ring substituents is 1. The smallest absolute Gasteiger partial charge is 0.332 e. The van der Waals surface area contributed by atoms with Gasteiger partial charge in [0.1, 0.15) is 5.69 Å². The van der Waals surface area contributed by atoms with Crippen molar-refractivity contribution >= 4 is 5.69 Å². The molecular weight excluding hydrogens is 331 g/mol. The molecule has 2 heterocycles. The normalized spacial score (nSPS) is 11.7. The van der Waals surface area contributed by atoms with Gasteiger partial charge in [0.2, 0.25) is 5.82 Å². The van der Waals surface area contributed by atoms with E-state index >= 15 is 0 Å². The summed E-state index contributed by atoms with van der Waals surface area (Å²) in [4.78, 5) is 14.0.